The number of carbonyl (C=O) groups is 2. The Balaban J connectivity index is 1.44. The van der Waals surface area contributed by atoms with Crippen LogP contribution in [0.3, 0.4) is 0 Å². The number of hydrogen-bond acceptors (Lipinski definition) is 4. The van der Waals surface area contributed by atoms with Crippen molar-refractivity contribution in [1.29, 1.82) is 0 Å². The molecular formula is C23H27N3O2S. The molecule has 152 valence electrons. The summed E-state index contributed by atoms with van der Waals surface area (Å²) in [6.07, 6.45) is 0. The molecule has 0 unspecified atom stereocenters. The van der Waals surface area contributed by atoms with Crippen molar-refractivity contribution in [2.45, 2.75) is 18.8 Å². The summed E-state index contributed by atoms with van der Waals surface area (Å²) in [5.41, 5.74) is 2.93. The van der Waals surface area contributed by atoms with Crippen LogP contribution in [-0.2, 0) is 11.3 Å². The number of amides is 2. The Kier molecular flexibility index (Phi) is 6.21. The van der Waals surface area contributed by atoms with Gasteiger partial charge in [-0.15, -0.1) is 11.8 Å². The Bertz CT molecular complexity index is 848. The van der Waals surface area contributed by atoms with Crippen LogP contribution in [0.15, 0.2) is 54.6 Å². The fourth-order valence-electron chi connectivity index (χ4n) is 3.92. The molecule has 2 aliphatic heterocycles. The minimum absolute atomic E-state index is 0.0000396. The van der Waals surface area contributed by atoms with E-state index in [1.165, 1.54) is 0 Å². The molecule has 0 aliphatic carbocycles. The van der Waals surface area contributed by atoms with E-state index < -0.39 is 0 Å². The zero-order valence-corrected chi connectivity index (χ0v) is 17.6. The first-order valence-electron chi connectivity index (χ1n) is 10.2. The summed E-state index contributed by atoms with van der Waals surface area (Å²) in [6, 6.07) is 17.9. The topological polar surface area (TPSA) is 43.9 Å². The van der Waals surface area contributed by atoms with Crippen molar-refractivity contribution in [3.8, 4) is 0 Å². The molecule has 29 heavy (non-hydrogen) atoms. The average molecular weight is 410 g/mol. The Labute approximate surface area is 176 Å². The van der Waals surface area contributed by atoms with Crippen LogP contribution in [-0.4, -0.2) is 65.0 Å². The molecule has 5 nitrogen and oxygen atoms in total. The molecule has 0 spiro atoms. The van der Waals surface area contributed by atoms with E-state index in [1.54, 1.807) is 11.8 Å². The van der Waals surface area contributed by atoms with Gasteiger partial charge in [0.05, 0.1) is 5.75 Å². The van der Waals surface area contributed by atoms with E-state index in [-0.39, 0.29) is 17.2 Å². The smallest absolute Gasteiger partial charge is 0.253 e. The van der Waals surface area contributed by atoms with Crippen LogP contribution in [0.25, 0.3) is 0 Å². The molecule has 0 saturated carbocycles. The number of rotatable bonds is 5. The highest BCUT2D eigenvalue weighted by Gasteiger charge is 2.33. The Morgan fingerprint density at radius 1 is 1.00 bits per heavy atom. The molecule has 0 aromatic heterocycles. The van der Waals surface area contributed by atoms with Gasteiger partial charge in [0.15, 0.2) is 0 Å². The van der Waals surface area contributed by atoms with Gasteiger partial charge in [0.2, 0.25) is 5.91 Å². The SMILES string of the molecule is CCN1CCN(C(=O)c2ccc([C@@H]3SCC(=O)N3Cc3ccccc3)cc2)CC1. The van der Waals surface area contributed by atoms with E-state index in [9.17, 15) is 9.59 Å². The van der Waals surface area contributed by atoms with Gasteiger partial charge in [0, 0.05) is 38.3 Å². The standard InChI is InChI=1S/C23H27N3O2S/c1-2-24-12-14-25(15-13-24)22(28)19-8-10-20(11-9-19)23-26(21(27)17-29-23)16-18-6-4-3-5-7-18/h3-11,23H,2,12-17H2,1H3/t23-/m0/s1. The predicted octanol–water partition coefficient (Wildman–Crippen LogP) is 3.24. The van der Waals surface area contributed by atoms with E-state index in [2.05, 4.69) is 11.8 Å². The monoisotopic (exact) mass is 409 g/mol. The van der Waals surface area contributed by atoms with Gasteiger partial charge in [-0.2, -0.15) is 0 Å². The summed E-state index contributed by atoms with van der Waals surface area (Å²) in [4.78, 5) is 31.5. The van der Waals surface area contributed by atoms with Gasteiger partial charge in [-0.25, -0.2) is 0 Å². The average Bonchev–Trinajstić information content (AvgIpc) is 3.14. The van der Waals surface area contributed by atoms with E-state index >= 15 is 0 Å². The van der Waals surface area contributed by atoms with Crippen LogP contribution in [0, 0.1) is 0 Å². The minimum atomic E-state index is -0.0000396. The van der Waals surface area contributed by atoms with Gasteiger partial charge >= 0.3 is 0 Å². The molecule has 0 radical (unpaired) electrons. The van der Waals surface area contributed by atoms with Crippen molar-refractivity contribution >= 4 is 23.6 Å². The maximum atomic E-state index is 12.8. The molecule has 0 bridgehead atoms. The van der Waals surface area contributed by atoms with Crippen molar-refractivity contribution in [2.75, 3.05) is 38.5 Å². The van der Waals surface area contributed by atoms with Gasteiger partial charge in [-0.1, -0.05) is 49.4 Å². The quantitative estimate of drug-likeness (QED) is 0.761. The summed E-state index contributed by atoms with van der Waals surface area (Å²) in [5, 5.41) is -0.0000396. The molecule has 2 saturated heterocycles. The normalized spacial score (nSPS) is 20.3. The fraction of sp³-hybridized carbons (Fsp3) is 0.391. The molecule has 4 rings (SSSR count). The van der Waals surface area contributed by atoms with Crippen LogP contribution in [0.4, 0.5) is 0 Å². The highest BCUT2D eigenvalue weighted by atomic mass is 32.2. The number of benzene rings is 2. The van der Waals surface area contributed by atoms with Crippen LogP contribution < -0.4 is 0 Å². The van der Waals surface area contributed by atoms with Crippen molar-refractivity contribution < 1.29 is 9.59 Å². The zero-order chi connectivity index (χ0) is 20.2. The van der Waals surface area contributed by atoms with Crippen molar-refractivity contribution in [2.24, 2.45) is 0 Å². The number of thioether (sulfide) groups is 1. The lowest BCUT2D eigenvalue weighted by molar-refractivity contribution is -0.128. The second-order valence-corrected chi connectivity index (χ2v) is 8.59. The molecular weight excluding hydrogens is 382 g/mol. The summed E-state index contributed by atoms with van der Waals surface area (Å²) in [7, 11) is 0. The lowest BCUT2D eigenvalue weighted by Gasteiger charge is -2.34. The highest BCUT2D eigenvalue weighted by Crippen LogP contribution is 2.39. The lowest BCUT2D eigenvalue weighted by atomic mass is 10.1. The van der Waals surface area contributed by atoms with E-state index in [4.69, 9.17) is 0 Å². The predicted molar refractivity (Wildman–Crippen MR) is 117 cm³/mol. The third-order valence-corrected chi connectivity index (χ3v) is 6.97. The first-order chi connectivity index (χ1) is 14.2. The summed E-state index contributed by atoms with van der Waals surface area (Å²) < 4.78 is 0. The molecule has 2 aromatic rings. The number of nitrogens with zero attached hydrogens (tertiary/aromatic N) is 3. The molecule has 2 fully saturated rings. The largest absolute Gasteiger partial charge is 0.336 e. The van der Waals surface area contributed by atoms with Crippen molar-refractivity contribution in [1.82, 2.24) is 14.7 Å². The van der Waals surface area contributed by atoms with Crippen LogP contribution in [0.1, 0.15) is 33.8 Å². The highest BCUT2D eigenvalue weighted by molar-refractivity contribution is 8.00. The summed E-state index contributed by atoms with van der Waals surface area (Å²) in [6.45, 7) is 7.25. The second-order valence-electron chi connectivity index (χ2n) is 7.52. The van der Waals surface area contributed by atoms with Crippen LogP contribution in [0.5, 0.6) is 0 Å². The molecule has 2 amide bonds. The van der Waals surface area contributed by atoms with Gasteiger partial charge in [-0.05, 0) is 29.8 Å². The Morgan fingerprint density at radius 2 is 1.69 bits per heavy atom. The summed E-state index contributed by atoms with van der Waals surface area (Å²) in [5.74, 6) is 0.765. The number of hydrogen-bond donors (Lipinski definition) is 0. The molecule has 2 heterocycles. The van der Waals surface area contributed by atoms with Crippen LogP contribution >= 0.6 is 11.8 Å². The van der Waals surface area contributed by atoms with E-state index in [0.717, 1.165) is 49.4 Å². The maximum absolute atomic E-state index is 12.8. The fourth-order valence-corrected chi connectivity index (χ4v) is 5.11. The first kappa shape index (κ1) is 20.0. The molecule has 2 aromatic carbocycles. The second kappa shape index (κ2) is 9.01. The number of likely N-dealkylation sites (N-methyl/N-ethyl adjacent to an activating group) is 1. The zero-order valence-electron chi connectivity index (χ0n) is 16.8. The number of carbonyl (C=O) groups excluding carboxylic acids is 2. The van der Waals surface area contributed by atoms with Gasteiger partial charge < -0.3 is 14.7 Å². The van der Waals surface area contributed by atoms with Gasteiger partial charge in [0.25, 0.3) is 5.91 Å². The summed E-state index contributed by atoms with van der Waals surface area (Å²) >= 11 is 1.65. The molecule has 2 aliphatic rings. The maximum Gasteiger partial charge on any atom is 0.253 e. The van der Waals surface area contributed by atoms with E-state index in [1.807, 2.05) is 64.4 Å². The lowest BCUT2D eigenvalue weighted by Crippen LogP contribution is -2.48. The van der Waals surface area contributed by atoms with Gasteiger partial charge in [-0.3, -0.25) is 9.59 Å². The van der Waals surface area contributed by atoms with E-state index in [0.29, 0.717) is 12.3 Å². The Morgan fingerprint density at radius 3 is 2.34 bits per heavy atom. The Hall–Kier alpha value is -2.31. The molecule has 1 atom stereocenters. The third kappa shape index (κ3) is 4.49. The third-order valence-electron chi connectivity index (χ3n) is 5.71. The van der Waals surface area contributed by atoms with Crippen molar-refractivity contribution in [3.05, 3.63) is 71.3 Å². The van der Waals surface area contributed by atoms with Crippen LogP contribution in [0.2, 0.25) is 0 Å². The molecule has 6 heteroatoms. The first-order valence-corrected chi connectivity index (χ1v) is 11.3. The number of piperazine rings is 1. The molecule has 0 N–H and O–H groups in total. The minimum Gasteiger partial charge on any atom is -0.336 e. The van der Waals surface area contributed by atoms with Gasteiger partial charge in [0.1, 0.15) is 5.37 Å². The van der Waals surface area contributed by atoms with Crippen molar-refractivity contribution in [3.63, 3.8) is 0 Å².